The molecule has 0 spiro atoms. The van der Waals surface area contributed by atoms with Gasteiger partial charge in [-0.25, -0.2) is 0 Å². The second kappa shape index (κ2) is 6.53. The lowest BCUT2D eigenvalue weighted by Crippen LogP contribution is -2.21. The van der Waals surface area contributed by atoms with E-state index in [0.29, 0.717) is 17.6 Å². The largest absolute Gasteiger partial charge is 0.508 e. The smallest absolute Gasteiger partial charge is 0.120 e. The Morgan fingerprint density at radius 1 is 0.962 bits per heavy atom. The lowest BCUT2D eigenvalue weighted by molar-refractivity contribution is 0.433. The summed E-state index contributed by atoms with van der Waals surface area (Å²) < 4.78 is 0. The van der Waals surface area contributed by atoms with Gasteiger partial charge in [-0.1, -0.05) is 47.6 Å². The fourth-order valence-corrected chi connectivity index (χ4v) is 4.26. The maximum atomic E-state index is 10.8. The summed E-state index contributed by atoms with van der Waals surface area (Å²) in [5.41, 5.74) is 7.01. The first-order chi connectivity index (χ1) is 12.5. The maximum Gasteiger partial charge on any atom is 0.120 e. The summed E-state index contributed by atoms with van der Waals surface area (Å²) in [7, 11) is 0. The standard InChI is InChI=1S/C24H24O2/c1-15-3-10-21-16(2)12-19-13-18(14-23(26)24(19)22(21)11-15)5-4-17-6-8-20(25)9-7-17/h4-9,11-14,21-22,25-26H,3,10H2,1-2H3/b5-4+/t21-,22+/m0/s1. The zero-order valence-corrected chi connectivity index (χ0v) is 15.2. The van der Waals surface area contributed by atoms with Crippen molar-refractivity contribution in [3.63, 3.8) is 0 Å². The van der Waals surface area contributed by atoms with Gasteiger partial charge < -0.3 is 10.2 Å². The first-order valence-corrected chi connectivity index (χ1v) is 9.21. The van der Waals surface area contributed by atoms with Gasteiger partial charge in [0.25, 0.3) is 0 Å². The molecule has 2 nitrogen and oxygen atoms in total. The first kappa shape index (κ1) is 16.7. The van der Waals surface area contributed by atoms with Crippen LogP contribution in [0.2, 0.25) is 0 Å². The van der Waals surface area contributed by atoms with Crippen molar-refractivity contribution in [1.29, 1.82) is 0 Å². The van der Waals surface area contributed by atoms with Crippen LogP contribution in [0.1, 0.15) is 54.9 Å². The highest BCUT2D eigenvalue weighted by Crippen LogP contribution is 2.48. The van der Waals surface area contributed by atoms with Crippen LogP contribution in [-0.2, 0) is 0 Å². The van der Waals surface area contributed by atoms with E-state index < -0.39 is 0 Å². The molecule has 0 radical (unpaired) electrons. The molecule has 2 aromatic carbocycles. The van der Waals surface area contributed by atoms with Gasteiger partial charge in [-0.05, 0) is 73.6 Å². The van der Waals surface area contributed by atoms with E-state index in [4.69, 9.17) is 0 Å². The summed E-state index contributed by atoms with van der Waals surface area (Å²) in [5.74, 6) is 1.45. The van der Waals surface area contributed by atoms with Crippen molar-refractivity contribution in [2.24, 2.45) is 5.92 Å². The Kier molecular flexibility index (Phi) is 4.20. The summed E-state index contributed by atoms with van der Waals surface area (Å²) >= 11 is 0. The van der Waals surface area contributed by atoms with Gasteiger partial charge in [0.15, 0.2) is 0 Å². The van der Waals surface area contributed by atoms with Gasteiger partial charge in [0.1, 0.15) is 11.5 Å². The summed E-state index contributed by atoms with van der Waals surface area (Å²) in [6.07, 6.45) is 10.9. The van der Waals surface area contributed by atoms with Crippen molar-refractivity contribution in [2.45, 2.75) is 32.6 Å². The average molecular weight is 344 g/mol. The summed E-state index contributed by atoms with van der Waals surface area (Å²) in [5, 5.41) is 20.1. The zero-order chi connectivity index (χ0) is 18.3. The number of hydrogen-bond donors (Lipinski definition) is 2. The molecule has 2 heteroatoms. The number of rotatable bonds is 2. The van der Waals surface area contributed by atoms with Crippen LogP contribution in [0.15, 0.2) is 53.6 Å². The number of aromatic hydroxyl groups is 2. The molecule has 4 rings (SSSR count). The predicted octanol–water partition coefficient (Wildman–Crippen LogP) is 6.13. The molecule has 2 atom stereocenters. The van der Waals surface area contributed by atoms with E-state index in [1.807, 2.05) is 30.4 Å². The number of fused-ring (bicyclic) bond motifs is 3. The number of allylic oxidation sites excluding steroid dienone is 3. The SMILES string of the molecule is CC1=C[C@H]2c3c(O)cc(/C=C/c4ccc(O)cc4)cc3C=C(C)[C@@H]2CC1. The summed E-state index contributed by atoms with van der Waals surface area (Å²) in [6.45, 7) is 4.40. The fraction of sp³-hybridized carbons (Fsp3) is 0.250. The van der Waals surface area contributed by atoms with E-state index in [2.05, 4.69) is 32.1 Å². The zero-order valence-electron chi connectivity index (χ0n) is 15.2. The van der Waals surface area contributed by atoms with Crippen LogP contribution >= 0.6 is 0 Å². The van der Waals surface area contributed by atoms with Crippen molar-refractivity contribution in [3.8, 4) is 11.5 Å². The molecule has 132 valence electrons. The van der Waals surface area contributed by atoms with E-state index in [0.717, 1.165) is 35.1 Å². The number of phenols is 2. The number of phenolic OH excluding ortho intramolecular Hbond substituents is 2. The molecule has 0 aromatic heterocycles. The van der Waals surface area contributed by atoms with E-state index in [1.54, 1.807) is 12.1 Å². The second-order valence-corrected chi connectivity index (χ2v) is 7.54. The summed E-state index contributed by atoms with van der Waals surface area (Å²) in [4.78, 5) is 0. The third kappa shape index (κ3) is 3.08. The van der Waals surface area contributed by atoms with Crippen LogP contribution < -0.4 is 0 Å². The van der Waals surface area contributed by atoms with E-state index in [-0.39, 0.29) is 5.75 Å². The Hall–Kier alpha value is -2.74. The topological polar surface area (TPSA) is 40.5 Å². The normalized spacial score (nSPS) is 21.8. The molecule has 0 amide bonds. The van der Waals surface area contributed by atoms with Gasteiger partial charge in [-0.3, -0.25) is 0 Å². The van der Waals surface area contributed by atoms with E-state index in [1.165, 1.54) is 11.1 Å². The highest BCUT2D eigenvalue weighted by Gasteiger charge is 2.32. The van der Waals surface area contributed by atoms with E-state index in [9.17, 15) is 10.2 Å². The number of hydrogen-bond acceptors (Lipinski definition) is 2. The minimum atomic E-state index is 0.263. The Morgan fingerprint density at radius 3 is 2.46 bits per heavy atom. The molecule has 0 bridgehead atoms. The van der Waals surface area contributed by atoms with Gasteiger partial charge in [0.05, 0.1) is 0 Å². The van der Waals surface area contributed by atoms with Crippen LogP contribution in [0.3, 0.4) is 0 Å². The van der Waals surface area contributed by atoms with Crippen molar-refractivity contribution in [2.75, 3.05) is 0 Å². The molecule has 0 unspecified atom stereocenters. The molecular weight excluding hydrogens is 320 g/mol. The lowest BCUT2D eigenvalue weighted by Gasteiger charge is -2.35. The third-order valence-electron chi connectivity index (χ3n) is 5.62. The Labute approximate surface area is 154 Å². The summed E-state index contributed by atoms with van der Waals surface area (Å²) in [6, 6.07) is 11.1. The molecule has 0 saturated carbocycles. The molecule has 2 aliphatic rings. The molecule has 0 heterocycles. The fourth-order valence-electron chi connectivity index (χ4n) is 4.26. The minimum Gasteiger partial charge on any atom is -0.508 e. The van der Waals surface area contributed by atoms with Crippen LogP contribution in [0, 0.1) is 5.92 Å². The highest BCUT2D eigenvalue weighted by molar-refractivity contribution is 5.75. The van der Waals surface area contributed by atoms with Crippen molar-refractivity contribution < 1.29 is 10.2 Å². The van der Waals surface area contributed by atoms with Gasteiger partial charge in [0, 0.05) is 11.5 Å². The predicted molar refractivity (Wildman–Crippen MR) is 108 cm³/mol. The van der Waals surface area contributed by atoms with Gasteiger partial charge in [-0.2, -0.15) is 0 Å². The highest BCUT2D eigenvalue weighted by atomic mass is 16.3. The molecule has 0 saturated heterocycles. The molecule has 0 aliphatic heterocycles. The van der Waals surface area contributed by atoms with Gasteiger partial charge in [0.2, 0.25) is 0 Å². The van der Waals surface area contributed by atoms with Crippen molar-refractivity contribution >= 4 is 18.2 Å². The van der Waals surface area contributed by atoms with Crippen LogP contribution in [0.25, 0.3) is 18.2 Å². The molecule has 2 aliphatic carbocycles. The average Bonchev–Trinajstić information content (AvgIpc) is 2.60. The third-order valence-corrected chi connectivity index (χ3v) is 5.62. The quantitative estimate of drug-likeness (QED) is 0.508. The monoisotopic (exact) mass is 344 g/mol. The lowest BCUT2D eigenvalue weighted by atomic mass is 9.69. The van der Waals surface area contributed by atoms with Crippen LogP contribution in [0.4, 0.5) is 0 Å². The van der Waals surface area contributed by atoms with E-state index >= 15 is 0 Å². The Bertz CT molecular complexity index is 929. The van der Waals surface area contributed by atoms with Crippen molar-refractivity contribution in [3.05, 3.63) is 75.9 Å². The van der Waals surface area contributed by atoms with Crippen LogP contribution in [-0.4, -0.2) is 10.2 Å². The Balaban J connectivity index is 1.72. The molecule has 2 aromatic rings. The first-order valence-electron chi connectivity index (χ1n) is 9.21. The maximum absolute atomic E-state index is 10.8. The molecule has 26 heavy (non-hydrogen) atoms. The van der Waals surface area contributed by atoms with Gasteiger partial charge in [-0.15, -0.1) is 0 Å². The number of benzene rings is 2. The van der Waals surface area contributed by atoms with Gasteiger partial charge >= 0.3 is 0 Å². The van der Waals surface area contributed by atoms with Crippen molar-refractivity contribution in [1.82, 2.24) is 0 Å². The second-order valence-electron chi connectivity index (χ2n) is 7.54. The molecular formula is C24H24O2. The Morgan fingerprint density at radius 2 is 1.69 bits per heavy atom. The van der Waals surface area contributed by atoms with Crippen LogP contribution in [0.5, 0.6) is 11.5 Å². The molecule has 0 fully saturated rings. The minimum absolute atomic E-state index is 0.263. The molecule has 2 N–H and O–H groups in total.